The third-order valence-electron chi connectivity index (χ3n) is 3.33. The third kappa shape index (κ3) is 2.67. The van der Waals surface area contributed by atoms with E-state index in [2.05, 4.69) is 17.0 Å². The van der Waals surface area contributed by atoms with Gasteiger partial charge in [0.2, 0.25) is 0 Å². The summed E-state index contributed by atoms with van der Waals surface area (Å²) in [6.07, 6.45) is 4.28. The minimum Gasteiger partial charge on any atom is -0.493 e. The lowest BCUT2D eigenvalue weighted by Crippen LogP contribution is -2.13. The molecule has 2 heterocycles. The quantitative estimate of drug-likeness (QED) is 0.879. The minimum absolute atomic E-state index is 0.596. The number of aryl methyl sites for hydroxylation is 2. The van der Waals surface area contributed by atoms with Crippen molar-refractivity contribution in [3.05, 3.63) is 41.5 Å². The van der Waals surface area contributed by atoms with E-state index in [1.807, 2.05) is 19.1 Å². The van der Waals surface area contributed by atoms with Gasteiger partial charge in [0.1, 0.15) is 11.8 Å². The highest BCUT2D eigenvalue weighted by molar-refractivity contribution is 5.35. The average Bonchev–Trinajstić information content (AvgIpc) is 2.89. The van der Waals surface area contributed by atoms with Crippen LogP contribution in [0.25, 0.3) is 0 Å². The van der Waals surface area contributed by atoms with Crippen LogP contribution in [0.5, 0.6) is 5.75 Å². The molecule has 1 atom stereocenters. The largest absolute Gasteiger partial charge is 0.493 e. The lowest BCUT2D eigenvalue weighted by molar-refractivity contribution is 0.196. The van der Waals surface area contributed by atoms with Crippen LogP contribution in [0, 0.1) is 0 Å². The first-order valence-electron chi connectivity index (χ1n) is 6.94. The van der Waals surface area contributed by atoms with Crippen molar-refractivity contribution in [3.63, 3.8) is 0 Å². The Hall–Kier alpha value is -1.88. The van der Waals surface area contributed by atoms with E-state index in [1.165, 1.54) is 0 Å². The van der Waals surface area contributed by atoms with Crippen LogP contribution in [0.4, 0.5) is 0 Å². The zero-order valence-electron chi connectivity index (χ0n) is 12.2. The zero-order valence-corrected chi connectivity index (χ0v) is 12.2. The Balaban J connectivity index is 2.46. The molecule has 108 valence electrons. The number of aliphatic hydroxyl groups excluding tert-OH is 1. The van der Waals surface area contributed by atoms with Gasteiger partial charge >= 0.3 is 0 Å². The Morgan fingerprint density at radius 1 is 1.40 bits per heavy atom. The second-order valence-corrected chi connectivity index (χ2v) is 4.63. The van der Waals surface area contributed by atoms with Gasteiger partial charge in [-0.05, 0) is 24.5 Å². The summed E-state index contributed by atoms with van der Waals surface area (Å²) in [5, 5.41) is 15.0. The van der Waals surface area contributed by atoms with Crippen molar-refractivity contribution in [2.75, 3.05) is 7.11 Å². The molecule has 2 aromatic rings. The molecular formula is C15H21N3O2. The number of hydrogen-bond donors (Lipinski definition) is 1. The lowest BCUT2D eigenvalue weighted by Gasteiger charge is -2.16. The van der Waals surface area contributed by atoms with Gasteiger partial charge < -0.3 is 9.84 Å². The monoisotopic (exact) mass is 275 g/mol. The van der Waals surface area contributed by atoms with Crippen molar-refractivity contribution < 1.29 is 9.84 Å². The van der Waals surface area contributed by atoms with E-state index in [4.69, 9.17) is 4.74 Å². The molecule has 20 heavy (non-hydrogen) atoms. The summed E-state index contributed by atoms with van der Waals surface area (Å²) < 4.78 is 7.11. The SMILES string of the molecule is CCCn1ncc(OC)c1C(O)c1ncccc1CC. The maximum Gasteiger partial charge on any atom is 0.163 e. The van der Waals surface area contributed by atoms with Crippen LogP contribution in [-0.4, -0.2) is 27.0 Å². The topological polar surface area (TPSA) is 60.2 Å². The second-order valence-electron chi connectivity index (χ2n) is 4.63. The normalized spacial score (nSPS) is 12.4. The molecule has 0 aliphatic heterocycles. The van der Waals surface area contributed by atoms with Crippen molar-refractivity contribution in [2.24, 2.45) is 0 Å². The van der Waals surface area contributed by atoms with Crippen LogP contribution in [0.2, 0.25) is 0 Å². The molecule has 1 unspecified atom stereocenters. The second kappa shape index (κ2) is 6.52. The fraction of sp³-hybridized carbons (Fsp3) is 0.467. The number of pyridine rings is 1. The van der Waals surface area contributed by atoms with Gasteiger partial charge in [0.05, 0.1) is 19.0 Å². The smallest absolute Gasteiger partial charge is 0.163 e. The van der Waals surface area contributed by atoms with E-state index in [1.54, 1.807) is 24.2 Å². The first kappa shape index (κ1) is 14.5. The molecule has 5 nitrogen and oxygen atoms in total. The van der Waals surface area contributed by atoms with E-state index in [0.717, 1.165) is 24.9 Å². The maximum absolute atomic E-state index is 10.7. The number of rotatable bonds is 6. The Bertz CT molecular complexity index is 566. The molecule has 1 N–H and O–H groups in total. The number of hydrogen-bond acceptors (Lipinski definition) is 4. The molecule has 0 saturated carbocycles. The molecule has 0 spiro atoms. The summed E-state index contributed by atoms with van der Waals surface area (Å²) in [4.78, 5) is 4.34. The van der Waals surface area contributed by atoms with Crippen molar-refractivity contribution in [2.45, 2.75) is 39.3 Å². The first-order valence-corrected chi connectivity index (χ1v) is 6.94. The average molecular weight is 275 g/mol. The third-order valence-corrected chi connectivity index (χ3v) is 3.33. The Morgan fingerprint density at radius 3 is 2.85 bits per heavy atom. The van der Waals surface area contributed by atoms with Crippen LogP contribution in [-0.2, 0) is 13.0 Å². The summed E-state index contributed by atoms with van der Waals surface area (Å²) >= 11 is 0. The van der Waals surface area contributed by atoms with Crippen molar-refractivity contribution in [1.82, 2.24) is 14.8 Å². The first-order chi connectivity index (χ1) is 9.72. The van der Waals surface area contributed by atoms with E-state index in [-0.39, 0.29) is 0 Å². The van der Waals surface area contributed by atoms with Gasteiger partial charge in [-0.2, -0.15) is 5.10 Å². The summed E-state index contributed by atoms with van der Waals surface area (Å²) in [6, 6.07) is 3.87. The molecule has 0 aromatic carbocycles. The number of methoxy groups -OCH3 is 1. The number of nitrogens with zero attached hydrogens (tertiary/aromatic N) is 3. The molecule has 0 aliphatic carbocycles. The van der Waals surface area contributed by atoms with Crippen LogP contribution >= 0.6 is 0 Å². The van der Waals surface area contributed by atoms with Crippen LogP contribution in [0.15, 0.2) is 24.5 Å². The van der Waals surface area contributed by atoms with Crippen molar-refractivity contribution in [3.8, 4) is 5.75 Å². The molecule has 2 aromatic heterocycles. The summed E-state index contributed by atoms with van der Waals surface area (Å²) in [5.74, 6) is 0.596. The number of aromatic nitrogens is 3. The molecule has 0 fully saturated rings. The molecule has 0 bridgehead atoms. The van der Waals surface area contributed by atoms with E-state index < -0.39 is 6.10 Å². The lowest BCUT2D eigenvalue weighted by atomic mass is 10.0. The minimum atomic E-state index is -0.824. The van der Waals surface area contributed by atoms with Crippen LogP contribution < -0.4 is 4.74 Å². The fourth-order valence-electron chi connectivity index (χ4n) is 2.33. The van der Waals surface area contributed by atoms with Gasteiger partial charge in [-0.15, -0.1) is 0 Å². The van der Waals surface area contributed by atoms with Gasteiger partial charge in [-0.25, -0.2) is 0 Å². The Labute approximate surface area is 119 Å². The standard InChI is InChI=1S/C15H21N3O2/c1-4-9-18-14(12(20-3)10-17-18)15(19)13-11(5-2)7-6-8-16-13/h6-8,10,15,19H,4-5,9H2,1-3H3. The Kier molecular flexibility index (Phi) is 4.74. The highest BCUT2D eigenvalue weighted by atomic mass is 16.5. The van der Waals surface area contributed by atoms with Crippen molar-refractivity contribution >= 4 is 0 Å². The summed E-state index contributed by atoms with van der Waals surface area (Å²) in [6.45, 7) is 4.86. The molecule has 0 aliphatic rings. The number of ether oxygens (including phenoxy) is 1. The summed E-state index contributed by atoms with van der Waals surface area (Å²) in [7, 11) is 1.59. The van der Waals surface area contributed by atoms with E-state index in [9.17, 15) is 5.11 Å². The number of aliphatic hydroxyl groups is 1. The van der Waals surface area contributed by atoms with E-state index in [0.29, 0.717) is 17.1 Å². The Morgan fingerprint density at radius 2 is 2.20 bits per heavy atom. The predicted molar refractivity (Wildman–Crippen MR) is 76.7 cm³/mol. The van der Waals surface area contributed by atoms with Crippen molar-refractivity contribution in [1.29, 1.82) is 0 Å². The molecule has 0 amide bonds. The molecule has 2 rings (SSSR count). The summed E-state index contributed by atoms with van der Waals surface area (Å²) in [5.41, 5.74) is 2.38. The molecule has 5 heteroatoms. The van der Waals surface area contributed by atoms with Gasteiger partial charge in [0.15, 0.2) is 5.75 Å². The van der Waals surface area contributed by atoms with Crippen LogP contribution in [0.3, 0.4) is 0 Å². The molecule has 0 radical (unpaired) electrons. The van der Waals surface area contributed by atoms with E-state index >= 15 is 0 Å². The molecule has 0 saturated heterocycles. The van der Waals surface area contributed by atoms with Gasteiger partial charge in [-0.3, -0.25) is 9.67 Å². The zero-order chi connectivity index (χ0) is 14.5. The molecular weight excluding hydrogens is 254 g/mol. The van der Waals surface area contributed by atoms with Gasteiger partial charge in [0.25, 0.3) is 0 Å². The predicted octanol–water partition coefficient (Wildman–Crippen LogP) is 2.34. The van der Waals surface area contributed by atoms with Gasteiger partial charge in [-0.1, -0.05) is 19.9 Å². The van der Waals surface area contributed by atoms with Gasteiger partial charge in [0, 0.05) is 12.7 Å². The highest BCUT2D eigenvalue weighted by Gasteiger charge is 2.24. The van der Waals surface area contributed by atoms with Crippen LogP contribution in [0.1, 0.15) is 43.3 Å². The fourth-order valence-corrected chi connectivity index (χ4v) is 2.33. The highest BCUT2D eigenvalue weighted by Crippen LogP contribution is 2.30. The maximum atomic E-state index is 10.7.